The molecule has 0 radical (unpaired) electrons. The lowest BCUT2D eigenvalue weighted by atomic mass is 10.1. The lowest BCUT2D eigenvalue weighted by molar-refractivity contribution is 0.101. The number of Topliss-reactive ketones (excluding diaryl/α,β-unsaturated/α-hetero) is 1. The van der Waals surface area contributed by atoms with Crippen LogP contribution in [-0.2, 0) is 0 Å². The van der Waals surface area contributed by atoms with E-state index in [0.717, 1.165) is 0 Å². The summed E-state index contributed by atoms with van der Waals surface area (Å²) in [5.41, 5.74) is 0.530. The molecule has 1 rings (SSSR count). The summed E-state index contributed by atoms with van der Waals surface area (Å²) in [7, 11) is 0. The molecule has 0 amide bonds. The van der Waals surface area contributed by atoms with Gasteiger partial charge in [-0.2, -0.15) is 5.26 Å². The van der Waals surface area contributed by atoms with Gasteiger partial charge in [-0.1, -0.05) is 18.5 Å². The standard InChI is InChI=1S/C12H12ClNO2/c1-3-10(7-14)16-12-5-4-9(8(2)15)6-11(12)13/h4-6,10H,3H2,1-2H3. The number of ketones is 1. The van der Waals surface area contributed by atoms with Crippen molar-refractivity contribution in [1.82, 2.24) is 0 Å². The Hall–Kier alpha value is -1.53. The molecule has 0 aliphatic rings. The van der Waals surface area contributed by atoms with Gasteiger partial charge in [-0.3, -0.25) is 4.79 Å². The number of halogens is 1. The molecule has 84 valence electrons. The van der Waals surface area contributed by atoms with Gasteiger partial charge in [0.1, 0.15) is 11.8 Å². The van der Waals surface area contributed by atoms with Crippen LogP contribution in [0.1, 0.15) is 30.6 Å². The van der Waals surface area contributed by atoms with E-state index in [9.17, 15) is 4.79 Å². The maximum atomic E-state index is 11.1. The van der Waals surface area contributed by atoms with Gasteiger partial charge >= 0.3 is 0 Å². The highest BCUT2D eigenvalue weighted by atomic mass is 35.5. The molecule has 16 heavy (non-hydrogen) atoms. The molecular weight excluding hydrogens is 226 g/mol. The third kappa shape index (κ3) is 2.98. The van der Waals surface area contributed by atoms with Gasteiger partial charge < -0.3 is 4.74 Å². The zero-order valence-corrected chi connectivity index (χ0v) is 9.91. The first-order valence-electron chi connectivity index (χ1n) is 4.95. The van der Waals surface area contributed by atoms with Gasteiger partial charge in [0.05, 0.1) is 5.02 Å². The highest BCUT2D eigenvalue weighted by molar-refractivity contribution is 6.32. The minimum Gasteiger partial charge on any atom is -0.474 e. The maximum absolute atomic E-state index is 11.1. The van der Waals surface area contributed by atoms with Crippen LogP contribution in [0, 0.1) is 11.3 Å². The number of rotatable bonds is 4. The Labute approximate surface area is 99.6 Å². The van der Waals surface area contributed by atoms with Gasteiger partial charge in [0.2, 0.25) is 0 Å². The van der Waals surface area contributed by atoms with E-state index >= 15 is 0 Å². The van der Waals surface area contributed by atoms with E-state index < -0.39 is 6.10 Å². The van der Waals surface area contributed by atoms with Crippen molar-refractivity contribution in [1.29, 1.82) is 5.26 Å². The Morgan fingerprint density at radius 3 is 2.75 bits per heavy atom. The molecule has 3 nitrogen and oxygen atoms in total. The van der Waals surface area contributed by atoms with Gasteiger partial charge in [0.25, 0.3) is 0 Å². The molecule has 1 aromatic carbocycles. The Kier molecular flexibility index (Phi) is 4.33. The number of ether oxygens (including phenoxy) is 1. The van der Waals surface area contributed by atoms with E-state index in [1.165, 1.54) is 6.92 Å². The van der Waals surface area contributed by atoms with Crippen LogP contribution in [0.15, 0.2) is 18.2 Å². The molecular formula is C12H12ClNO2. The summed E-state index contributed by atoms with van der Waals surface area (Å²) in [4.78, 5) is 11.1. The van der Waals surface area contributed by atoms with Crippen molar-refractivity contribution in [3.63, 3.8) is 0 Å². The van der Waals surface area contributed by atoms with Crippen molar-refractivity contribution >= 4 is 17.4 Å². The number of carbonyl (C=O) groups excluding carboxylic acids is 1. The van der Waals surface area contributed by atoms with E-state index in [2.05, 4.69) is 0 Å². The Morgan fingerprint density at radius 1 is 1.62 bits per heavy atom. The molecule has 0 spiro atoms. The number of hydrogen-bond acceptors (Lipinski definition) is 3. The highest BCUT2D eigenvalue weighted by Crippen LogP contribution is 2.26. The van der Waals surface area contributed by atoms with Crippen LogP contribution < -0.4 is 4.74 Å². The SMILES string of the molecule is CCC(C#N)Oc1ccc(C(C)=O)cc1Cl. The maximum Gasteiger partial charge on any atom is 0.184 e. The summed E-state index contributed by atoms with van der Waals surface area (Å²) in [6, 6.07) is 6.80. The average molecular weight is 238 g/mol. The fourth-order valence-electron chi connectivity index (χ4n) is 1.17. The van der Waals surface area contributed by atoms with Crippen molar-refractivity contribution < 1.29 is 9.53 Å². The van der Waals surface area contributed by atoms with E-state index in [1.807, 2.05) is 13.0 Å². The van der Waals surface area contributed by atoms with Crippen molar-refractivity contribution in [2.75, 3.05) is 0 Å². The third-order valence-electron chi connectivity index (χ3n) is 2.12. The van der Waals surface area contributed by atoms with Gasteiger partial charge in [-0.25, -0.2) is 0 Å². The van der Waals surface area contributed by atoms with Crippen LogP contribution in [0.25, 0.3) is 0 Å². The molecule has 1 unspecified atom stereocenters. The normalized spacial score (nSPS) is 11.6. The molecule has 0 heterocycles. The van der Waals surface area contributed by atoms with Crippen molar-refractivity contribution in [3.8, 4) is 11.8 Å². The second-order valence-electron chi connectivity index (χ2n) is 3.35. The van der Waals surface area contributed by atoms with Crippen LogP contribution in [0.4, 0.5) is 0 Å². The minimum absolute atomic E-state index is 0.0548. The Bertz CT molecular complexity index is 437. The molecule has 0 bridgehead atoms. The third-order valence-corrected chi connectivity index (χ3v) is 2.42. The molecule has 4 heteroatoms. The van der Waals surface area contributed by atoms with Gasteiger partial charge in [-0.05, 0) is 31.5 Å². The fourth-order valence-corrected chi connectivity index (χ4v) is 1.39. The summed E-state index contributed by atoms with van der Waals surface area (Å²) < 4.78 is 5.37. The lowest BCUT2D eigenvalue weighted by Crippen LogP contribution is -2.12. The minimum atomic E-state index is -0.513. The van der Waals surface area contributed by atoms with Crippen molar-refractivity contribution in [2.45, 2.75) is 26.4 Å². The quantitative estimate of drug-likeness (QED) is 0.756. The number of benzene rings is 1. The summed E-state index contributed by atoms with van der Waals surface area (Å²) in [5, 5.41) is 9.10. The molecule has 0 N–H and O–H groups in total. The van der Waals surface area contributed by atoms with Crippen LogP contribution in [0.3, 0.4) is 0 Å². The van der Waals surface area contributed by atoms with Crippen LogP contribution in [0.5, 0.6) is 5.75 Å². The molecule has 0 aliphatic carbocycles. The topological polar surface area (TPSA) is 50.1 Å². The van der Waals surface area contributed by atoms with E-state index in [4.69, 9.17) is 21.6 Å². The van der Waals surface area contributed by atoms with E-state index in [-0.39, 0.29) is 5.78 Å². The zero-order valence-electron chi connectivity index (χ0n) is 9.16. The molecule has 0 aliphatic heterocycles. The van der Waals surface area contributed by atoms with Crippen molar-refractivity contribution in [2.24, 2.45) is 0 Å². The molecule has 0 aromatic heterocycles. The molecule has 1 atom stereocenters. The Morgan fingerprint density at radius 2 is 2.31 bits per heavy atom. The van der Waals surface area contributed by atoms with Gasteiger partial charge in [0.15, 0.2) is 11.9 Å². The zero-order chi connectivity index (χ0) is 12.1. The van der Waals surface area contributed by atoms with Crippen LogP contribution >= 0.6 is 11.6 Å². The summed E-state index contributed by atoms with van der Waals surface area (Å²) in [6.45, 7) is 3.32. The largest absolute Gasteiger partial charge is 0.474 e. The van der Waals surface area contributed by atoms with E-state index in [0.29, 0.717) is 22.8 Å². The number of carbonyl (C=O) groups is 1. The summed E-state index contributed by atoms with van der Waals surface area (Å²) in [6.07, 6.45) is 0.0714. The first-order chi connectivity index (χ1) is 7.58. The first-order valence-corrected chi connectivity index (χ1v) is 5.33. The van der Waals surface area contributed by atoms with Gasteiger partial charge in [-0.15, -0.1) is 0 Å². The highest BCUT2D eigenvalue weighted by Gasteiger charge is 2.10. The average Bonchev–Trinajstić information content (AvgIpc) is 2.27. The predicted molar refractivity (Wildman–Crippen MR) is 61.8 cm³/mol. The number of hydrogen-bond donors (Lipinski definition) is 0. The molecule has 0 saturated carbocycles. The van der Waals surface area contributed by atoms with Gasteiger partial charge in [0, 0.05) is 5.56 Å². The van der Waals surface area contributed by atoms with Crippen LogP contribution in [-0.4, -0.2) is 11.9 Å². The molecule has 0 saturated heterocycles. The fraction of sp³-hybridized carbons (Fsp3) is 0.333. The smallest absolute Gasteiger partial charge is 0.184 e. The molecule has 1 aromatic rings. The van der Waals surface area contributed by atoms with E-state index in [1.54, 1.807) is 18.2 Å². The molecule has 0 fully saturated rings. The second-order valence-corrected chi connectivity index (χ2v) is 3.75. The summed E-state index contributed by atoms with van der Waals surface area (Å²) >= 11 is 5.94. The second kappa shape index (κ2) is 5.53. The number of nitrogens with zero attached hydrogens (tertiary/aromatic N) is 1. The van der Waals surface area contributed by atoms with Crippen molar-refractivity contribution in [3.05, 3.63) is 28.8 Å². The first kappa shape index (κ1) is 12.5. The Balaban J connectivity index is 2.92. The monoisotopic (exact) mass is 237 g/mol. The van der Waals surface area contributed by atoms with Crippen LogP contribution in [0.2, 0.25) is 5.02 Å². The summed E-state index contributed by atoms with van der Waals surface area (Å²) in [5.74, 6) is 0.376. The number of nitriles is 1. The predicted octanol–water partition coefficient (Wildman–Crippen LogP) is 3.22. The lowest BCUT2D eigenvalue weighted by Gasteiger charge is -2.11.